The normalized spacial score (nSPS) is 24.8. The highest BCUT2D eigenvalue weighted by Crippen LogP contribution is 2.26. The lowest BCUT2D eigenvalue weighted by molar-refractivity contribution is 0.274. The zero-order chi connectivity index (χ0) is 15.1. The van der Waals surface area contributed by atoms with E-state index < -0.39 is 0 Å². The van der Waals surface area contributed by atoms with Gasteiger partial charge < -0.3 is 10.2 Å². The minimum Gasteiger partial charge on any atom is -0.312 e. The van der Waals surface area contributed by atoms with Crippen LogP contribution < -0.4 is 5.32 Å². The third kappa shape index (κ3) is 5.12. The summed E-state index contributed by atoms with van der Waals surface area (Å²) in [6.45, 7) is 3.40. The van der Waals surface area contributed by atoms with Crippen molar-refractivity contribution in [2.75, 3.05) is 20.6 Å². The van der Waals surface area contributed by atoms with Gasteiger partial charge in [0.2, 0.25) is 0 Å². The summed E-state index contributed by atoms with van der Waals surface area (Å²) in [5, 5.41) is 3.84. The van der Waals surface area contributed by atoms with Crippen LogP contribution in [-0.4, -0.2) is 31.6 Å². The Balaban J connectivity index is 1.87. The summed E-state index contributed by atoms with van der Waals surface area (Å²) >= 11 is 0. The Labute approximate surface area is 130 Å². The van der Waals surface area contributed by atoms with Crippen molar-refractivity contribution in [2.45, 2.75) is 57.5 Å². The molecule has 3 atom stereocenters. The van der Waals surface area contributed by atoms with Crippen molar-refractivity contribution in [1.29, 1.82) is 0 Å². The van der Waals surface area contributed by atoms with Gasteiger partial charge in [-0.2, -0.15) is 0 Å². The van der Waals surface area contributed by atoms with E-state index in [0.717, 1.165) is 12.5 Å². The van der Waals surface area contributed by atoms with Crippen molar-refractivity contribution in [1.82, 2.24) is 10.2 Å². The minimum atomic E-state index is 0.469. The van der Waals surface area contributed by atoms with Gasteiger partial charge in [-0.1, -0.05) is 56.5 Å². The average molecular weight is 288 g/mol. The third-order valence-electron chi connectivity index (χ3n) is 5.07. The molecule has 1 aliphatic carbocycles. The predicted molar refractivity (Wildman–Crippen MR) is 91.5 cm³/mol. The van der Waals surface area contributed by atoms with Crippen molar-refractivity contribution in [3.05, 3.63) is 35.9 Å². The maximum atomic E-state index is 3.84. The number of nitrogens with one attached hydrogen (secondary N) is 1. The zero-order valence-electron chi connectivity index (χ0n) is 14.0. The van der Waals surface area contributed by atoms with Crippen LogP contribution in [0.3, 0.4) is 0 Å². The van der Waals surface area contributed by atoms with Gasteiger partial charge in [0.1, 0.15) is 0 Å². The first-order chi connectivity index (χ1) is 10.2. The Hall–Kier alpha value is -0.860. The molecule has 118 valence electrons. The van der Waals surface area contributed by atoms with E-state index in [1.807, 2.05) is 0 Å². The van der Waals surface area contributed by atoms with Gasteiger partial charge in [0.05, 0.1) is 0 Å². The molecule has 0 aliphatic heterocycles. The van der Waals surface area contributed by atoms with E-state index in [9.17, 15) is 0 Å². The SMILES string of the molecule is CCC1CCCC(NCC(c2ccccc2)N(C)C)CC1. The van der Waals surface area contributed by atoms with Crippen LogP contribution in [0.1, 0.15) is 57.1 Å². The smallest absolute Gasteiger partial charge is 0.0466 e. The van der Waals surface area contributed by atoms with E-state index in [2.05, 4.69) is 61.6 Å². The number of likely N-dealkylation sites (N-methyl/N-ethyl adjacent to an activating group) is 1. The molecule has 3 unspecified atom stereocenters. The standard InChI is InChI=1S/C19H32N2/c1-4-16-9-8-12-18(14-13-16)20-15-19(21(2)3)17-10-6-5-7-11-17/h5-7,10-11,16,18-20H,4,8-9,12-15H2,1-3H3. The summed E-state index contributed by atoms with van der Waals surface area (Å²) < 4.78 is 0. The largest absolute Gasteiger partial charge is 0.312 e. The molecule has 1 fully saturated rings. The molecule has 0 heterocycles. The van der Waals surface area contributed by atoms with Crippen molar-refractivity contribution >= 4 is 0 Å². The lowest BCUT2D eigenvalue weighted by atomic mass is 9.97. The lowest BCUT2D eigenvalue weighted by Crippen LogP contribution is -2.37. The molecular weight excluding hydrogens is 256 g/mol. The summed E-state index contributed by atoms with van der Waals surface area (Å²) in [5.74, 6) is 0.968. The predicted octanol–water partition coefficient (Wildman–Crippen LogP) is 4.24. The Bertz CT molecular complexity index is 388. The molecule has 0 radical (unpaired) electrons. The van der Waals surface area contributed by atoms with Crippen molar-refractivity contribution in [2.24, 2.45) is 5.92 Å². The Morgan fingerprint density at radius 1 is 1.10 bits per heavy atom. The quantitative estimate of drug-likeness (QED) is 0.788. The molecule has 0 aromatic heterocycles. The lowest BCUT2D eigenvalue weighted by Gasteiger charge is -2.27. The van der Waals surface area contributed by atoms with Crippen LogP contribution >= 0.6 is 0 Å². The van der Waals surface area contributed by atoms with Gasteiger partial charge in [-0.05, 0) is 44.8 Å². The van der Waals surface area contributed by atoms with E-state index in [-0.39, 0.29) is 0 Å². The third-order valence-corrected chi connectivity index (χ3v) is 5.07. The molecule has 1 aromatic carbocycles. The first-order valence-corrected chi connectivity index (χ1v) is 8.65. The van der Waals surface area contributed by atoms with Gasteiger partial charge in [0, 0.05) is 18.6 Å². The molecule has 2 nitrogen and oxygen atoms in total. The maximum Gasteiger partial charge on any atom is 0.0466 e. The zero-order valence-corrected chi connectivity index (χ0v) is 14.0. The number of hydrogen-bond donors (Lipinski definition) is 1. The second kappa shape index (κ2) is 8.55. The van der Waals surface area contributed by atoms with Crippen molar-refractivity contribution in [3.63, 3.8) is 0 Å². The second-order valence-corrected chi connectivity index (χ2v) is 6.78. The van der Waals surface area contributed by atoms with Gasteiger partial charge in [-0.3, -0.25) is 0 Å². The Morgan fingerprint density at radius 2 is 1.86 bits per heavy atom. The van der Waals surface area contributed by atoms with E-state index in [0.29, 0.717) is 12.1 Å². The summed E-state index contributed by atoms with van der Waals surface area (Å²) in [6.07, 6.45) is 8.31. The fraction of sp³-hybridized carbons (Fsp3) is 0.684. The number of hydrogen-bond acceptors (Lipinski definition) is 2. The molecule has 1 saturated carbocycles. The number of rotatable bonds is 6. The molecule has 0 spiro atoms. The molecule has 2 rings (SSSR count). The average Bonchev–Trinajstić information content (AvgIpc) is 2.73. The Kier molecular flexibility index (Phi) is 6.72. The molecule has 1 aromatic rings. The first kappa shape index (κ1) is 16.5. The monoisotopic (exact) mass is 288 g/mol. The van der Waals surface area contributed by atoms with Crippen LogP contribution in [0.2, 0.25) is 0 Å². The Morgan fingerprint density at radius 3 is 2.52 bits per heavy atom. The maximum absolute atomic E-state index is 3.84. The second-order valence-electron chi connectivity index (χ2n) is 6.78. The molecule has 0 bridgehead atoms. The van der Waals surface area contributed by atoms with Gasteiger partial charge >= 0.3 is 0 Å². The molecule has 0 amide bonds. The number of nitrogens with zero attached hydrogens (tertiary/aromatic N) is 1. The fourth-order valence-electron chi connectivity index (χ4n) is 3.54. The molecule has 21 heavy (non-hydrogen) atoms. The fourth-order valence-corrected chi connectivity index (χ4v) is 3.54. The first-order valence-electron chi connectivity index (χ1n) is 8.65. The van der Waals surface area contributed by atoms with Crippen LogP contribution in [0.15, 0.2) is 30.3 Å². The van der Waals surface area contributed by atoms with Crippen molar-refractivity contribution < 1.29 is 0 Å². The van der Waals surface area contributed by atoms with E-state index >= 15 is 0 Å². The van der Waals surface area contributed by atoms with Crippen LogP contribution in [-0.2, 0) is 0 Å². The van der Waals surface area contributed by atoms with E-state index in [1.54, 1.807) is 0 Å². The van der Waals surface area contributed by atoms with E-state index in [1.165, 1.54) is 44.1 Å². The van der Waals surface area contributed by atoms with Crippen LogP contribution in [0.4, 0.5) is 0 Å². The number of benzene rings is 1. The van der Waals surface area contributed by atoms with Crippen LogP contribution in [0, 0.1) is 5.92 Å². The van der Waals surface area contributed by atoms with Gasteiger partial charge in [-0.15, -0.1) is 0 Å². The molecular formula is C19H32N2. The highest BCUT2D eigenvalue weighted by molar-refractivity contribution is 5.19. The topological polar surface area (TPSA) is 15.3 Å². The van der Waals surface area contributed by atoms with Crippen LogP contribution in [0.25, 0.3) is 0 Å². The molecule has 1 N–H and O–H groups in total. The molecule has 2 heteroatoms. The summed E-state index contributed by atoms with van der Waals surface area (Å²) in [5.41, 5.74) is 1.41. The highest BCUT2D eigenvalue weighted by Gasteiger charge is 2.20. The van der Waals surface area contributed by atoms with E-state index in [4.69, 9.17) is 0 Å². The van der Waals surface area contributed by atoms with Gasteiger partial charge in [-0.25, -0.2) is 0 Å². The van der Waals surface area contributed by atoms with Gasteiger partial charge in [0.25, 0.3) is 0 Å². The van der Waals surface area contributed by atoms with Crippen molar-refractivity contribution in [3.8, 4) is 0 Å². The summed E-state index contributed by atoms with van der Waals surface area (Å²) in [7, 11) is 4.36. The highest BCUT2D eigenvalue weighted by atomic mass is 15.1. The molecule has 0 saturated heterocycles. The minimum absolute atomic E-state index is 0.469. The van der Waals surface area contributed by atoms with Crippen LogP contribution in [0.5, 0.6) is 0 Å². The summed E-state index contributed by atoms with van der Waals surface area (Å²) in [6, 6.07) is 12.1. The summed E-state index contributed by atoms with van der Waals surface area (Å²) in [4.78, 5) is 2.33. The molecule has 1 aliphatic rings. The van der Waals surface area contributed by atoms with Gasteiger partial charge in [0.15, 0.2) is 0 Å².